The van der Waals surface area contributed by atoms with E-state index in [2.05, 4.69) is 20.1 Å². The van der Waals surface area contributed by atoms with Crippen LogP contribution in [0.5, 0.6) is 11.5 Å². The van der Waals surface area contributed by atoms with Crippen LogP contribution in [0.15, 0.2) is 77.0 Å². The zero-order chi connectivity index (χ0) is 23.9. The molecule has 0 atom stereocenters. The molecular weight excluding hydrogens is 472 g/mol. The number of rotatable bonds is 9. The Bertz CT molecular complexity index is 1340. The summed E-state index contributed by atoms with van der Waals surface area (Å²) < 4.78 is 7.47. The number of nitrogens with zero attached hydrogens (tertiary/aromatic N) is 2. The second-order valence-electron chi connectivity index (χ2n) is 7.33. The lowest BCUT2D eigenvalue weighted by Crippen LogP contribution is -2.36. The van der Waals surface area contributed by atoms with Gasteiger partial charge in [0.25, 0.3) is 5.91 Å². The fourth-order valence-corrected chi connectivity index (χ4v) is 4.46. The number of nitrogens with one attached hydrogen (secondary N) is 2. The quantitative estimate of drug-likeness (QED) is 0.138. The largest absolute Gasteiger partial charge is 0.504 e. The summed E-state index contributed by atoms with van der Waals surface area (Å²) >= 11 is 7.76. The van der Waals surface area contributed by atoms with Gasteiger partial charge in [-0.05, 0) is 49.0 Å². The molecule has 0 spiro atoms. The van der Waals surface area contributed by atoms with E-state index in [4.69, 9.17) is 16.3 Å². The van der Waals surface area contributed by atoms with Crippen molar-refractivity contribution in [3.05, 3.63) is 82.9 Å². The van der Waals surface area contributed by atoms with E-state index in [9.17, 15) is 9.90 Å². The van der Waals surface area contributed by atoms with Gasteiger partial charge in [-0.15, -0.1) is 0 Å². The molecule has 0 aliphatic heterocycles. The highest BCUT2D eigenvalue weighted by atomic mass is 35.5. The third kappa shape index (κ3) is 5.52. The van der Waals surface area contributed by atoms with E-state index in [1.807, 2.05) is 55.5 Å². The van der Waals surface area contributed by atoms with Crippen molar-refractivity contribution in [1.29, 1.82) is 0 Å². The Hall–Kier alpha value is -3.49. The summed E-state index contributed by atoms with van der Waals surface area (Å²) in [6.07, 6.45) is 1.39. The number of carbonyl (C=O) groups excluding carboxylic acids is 1. The molecule has 7 nitrogen and oxygen atoms in total. The van der Waals surface area contributed by atoms with Gasteiger partial charge in [0.1, 0.15) is 6.54 Å². The number of imidazole rings is 1. The monoisotopic (exact) mass is 495 g/mol. The number of amides is 1. The summed E-state index contributed by atoms with van der Waals surface area (Å²) in [5.41, 5.74) is 5.94. The molecule has 4 rings (SSSR count). The van der Waals surface area contributed by atoms with Gasteiger partial charge in [-0.2, -0.15) is 5.10 Å². The number of hydrazone groups is 1. The Balaban J connectivity index is 1.44. The van der Waals surface area contributed by atoms with Crippen LogP contribution in [-0.4, -0.2) is 34.6 Å². The van der Waals surface area contributed by atoms with Crippen LogP contribution < -0.4 is 14.7 Å². The molecule has 1 amide bonds. The molecular formula is C25H24ClN4O3S+. The number of ether oxygens (including phenoxy) is 1. The van der Waals surface area contributed by atoms with Crippen molar-refractivity contribution in [3.8, 4) is 11.5 Å². The lowest BCUT2D eigenvalue weighted by Gasteiger charge is -2.07. The third-order valence-electron chi connectivity index (χ3n) is 5.03. The molecule has 3 N–H and O–H groups in total. The molecule has 3 aromatic carbocycles. The molecule has 174 valence electrons. The number of aromatic amines is 1. The number of thioether (sulfide) groups is 1. The van der Waals surface area contributed by atoms with Crippen LogP contribution in [-0.2, 0) is 11.3 Å². The Morgan fingerprint density at radius 1 is 1.18 bits per heavy atom. The van der Waals surface area contributed by atoms with E-state index in [1.165, 1.54) is 18.0 Å². The number of carbonyl (C=O) groups is 1. The van der Waals surface area contributed by atoms with Crippen molar-refractivity contribution >= 4 is 46.5 Å². The van der Waals surface area contributed by atoms with Gasteiger partial charge < -0.3 is 9.84 Å². The van der Waals surface area contributed by atoms with Crippen LogP contribution in [0.3, 0.4) is 0 Å². The molecule has 0 fully saturated rings. The van der Waals surface area contributed by atoms with Crippen LogP contribution in [0.2, 0.25) is 5.02 Å². The molecule has 0 unspecified atom stereocenters. The Morgan fingerprint density at radius 2 is 1.97 bits per heavy atom. The number of phenols is 1. The number of aromatic hydroxyl groups is 1. The Labute approximate surface area is 206 Å². The number of para-hydroxylation sites is 3. The van der Waals surface area contributed by atoms with E-state index in [0.717, 1.165) is 21.8 Å². The minimum atomic E-state index is -0.273. The first-order valence-corrected chi connectivity index (χ1v) is 12.1. The highest BCUT2D eigenvalue weighted by molar-refractivity contribution is 7.99. The van der Waals surface area contributed by atoms with Crippen molar-refractivity contribution in [1.82, 2.24) is 10.4 Å². The van der Waals surface area contributed by atoms with Crippen molar-refractivity contribution in [2.45, 2.75) is 18.6 Å². The molecule has 0 radical (unpaired) electrons. The number of fused-ring (bicyclic) bond motifs is 1. The fraction of sp³-hybridized carbons (Fsp3) is 0.160. The summed E-state index contributed by atoms with van der Waals surface area (Å²) in [6.45, 7) is 2.84. The SMILES string of the molecule is CCOc1cccc(C=NNC(=O)CSc2[nH]c3ccccc3[n+]2Cc2ccccc2Cl)c1O. The maximum Gasteiger partial charge on any atom is 0.317 e. The maximum atomic E-state index is 12.4. The molecule has 1 heterocycles. The molecule has 0 saturated carbocycles. The topological polar surface area (TPSA) is 90.6 Å². The van der Waals surface area contributed by atoms with Crippen LogP contribution in [0.25, 0.3) is 11.0 Å². The third-order valence-corrected chi connectivity index (χ3v) is 6.40. The fourth-order valence-electron chi connectivity index (χ4n) is 3.43. The predicted molar refractivity (Wildman–Crippen MR) is 135 cm³/mol. The first kappa shape index (κ1) is 23.7. The van der Waals surface area contributed by atoms with E-state index >= 15 is 0 Å². The van der Waals surface area contributed by atoms with Crippen molar-refractivity contribution in [2.24, 2.45) is 5.10 Å². The number of phenolic OH excluding ortho intramolecular Hbond substituents is 1. The van der Waals surface area contributed by atoms with E-state index in [-0.39, 0.29) is 17.4 Å². The second-order valence-corrected chi connectivity index (χ2v) is 8.70. The van der Waals surface area contributed by atoms with Crippen molar-refractivity contribution in [2.75, 3.05) is 12.4 Å². The van der Waals surface area contributed by atoms with Gasteiger partial charge in [0.2, 0.25) is 0 Å². The normalized spacial score (nSPS) is 11.2. The van der Waals surface area contributed by atoms with Gasteiger partial charge in [-0.25, -0.2) is 15.0 Å². The summed E-state index contributed by atoms with van der Waals surface area (Å²) in [5, 5.41) is 15.7. The molecule has 1 aromatic heterocycles. The van der Waals surface area contributed by atoms with Crippen LogP contribution in [0, 0.1) is 0 Å². The highest BCUT2D eigenvalue weighted by Gasteiger charge is 2.21. The van der Waals surface area contributed by atoms with Crippen LogP contribution in [0.4, 0.5) is 0 Å². The molecule has 4 aromatic rings. The second kappa shape index (κ2) is 11.1. The smallest absolute Gasteiger partial charge is 0.317 e. The zero-order valence-corrected chi connectivity index (χ0v) is 20.1. The first-order chi connectivity index (χ1) is 16.6. The minimum absolute atomic E-state index is 0.0181. The first-order valence-electron chi connectivity index (χ1n) is 10.7. The van der Waals surface area contributed by atoms with Gasteiger partial charge >= 0.3 is 5.16 Å². The van der Waals surface area contributed by atoms with Gasteiger partial charge in [0.05, 0.1) is 18.6 Å². The van der Waals surface area contributed by atoms with E-state index in [0.29, 0.717) is 29.5 Å². The van der Waals surface area contributed by atoms with E-state index < -0.39 is 0 Å². The highest BCUT2D eigenvalue weighted by Crippen LogP contribution is 2.28. The molecule has 34 heavy (non-hydrogen) atoms. The zero-order valence-electron chi connectivity index (χ0n) is 18.5. The number of aromatic nitrogens is 2. The maximum absolute atomic E-state index is 12.4. The summed E-state index contributed by atoms with van der Waals surface area (Å²) in [6, 6.07) is 20.8. The average molecular weight is 496 g/mol. The number of hydrogen-bond donors (Lipinski definition) is 3. The van der Waals surface area contributed by atoms with Crippen LogP contribution in [0.1, 0.15) is 18.1 Å². The lowest BCUT2D eigenvalue weighted by atomic mass is 10.2. The molecule has 9 heteroatoms. The van der Waals surface area contributed by atoms with Crippen LogP contribution >= 0.6 is 23.4 Å². The predicted octanol–water partition coefficient (Wildman–Crippen LogP) is 4.50. The number of benzene rings is 3. The average Bonchev–Trinajstić information content (AvgIpc) is 3.19. The molecule has 0 aliphatic rings. The van der Waals surface area contributed by atoms with Crippen molar-refractivity contribution < 1.29 is 19.2 Å². The van der Waals surface area contributed by atoms with Gasteiger partial charge in [0.15, 0.2) is 22.5 Å². The lowest BCUT2D eigenvalue weighted by molar-refractivity contribution is -0.700. The molecule has 0 bridgehead atoms. The standard InChI is InChI=1S/C25H23ClN4O3S/c1-2-33-22-13-7-9-17(24(22)32)14-27-29-23(31)16-34-25-28-20-11-5-6-12-21(20)30(25)15-18-8-3-4-10-19(18)26/h3-14H,2,15-16H2,1H3,(H2,27,29,31,32)/p+1. The molecule has 0 aliphatic carbocycles. The molecule has 0 saturated heterocycles. The number of H-pyrrole nitrogens is 1. The number of halogens is 1. The van der Waals surface area contributed by atoms with Gasteiger partial charge in [0, 0.05) is 16.1 Å². The Kier molecular flexibility index (Phi) is 7.72. The summed E-state index contributed by atoms with van der Waals surface area (Å²) in [4.78, 5) is 15.8. The van der Waals surface area contributed by atoms with Gasteiger partial charge in [-0.3, -0.25) is 4.79 Å². The Morgan fingerprint density at radius 3 is 2.79 bits per heavy atom. The minimum Gasteiger partial charge on any atom is -0.504 e. The van der Waals surface area contributed by atoms with Gasteiger partial charge in [-0.1, -0.05) is 48.0 Å². The summed E-state index contributed by atoms with van der Waals surface area (Å²) in [7, 11) is 0. The summed E-state index contributed by atoms with van der Waals surface area (Å²) in [5.74, 6) is 0.229. The van der Waals surface area contributed by atoms with E-state index in [1.54, 1.807) is 18.2 Å². The number of hydrogen-bond acceptors (Lipinski definition) is 5. The van der Waals surface area contributed by atoms with Crippen molar-refractivity contribution in [3.63, 3.8) is 0 Å².